The van der Waals surface area contributed by atoms with Gasteiger partial charge in [0.15, 0.2) is 11.7 Å². The Morgan fingerprint density at radius 2 is 1.12 bits per heavy atom. The number of nitrogens with zero attached hydrogens (tertiary/aromatic N) is 2. The van der Waals surface area contributed by atoms with Gasteiger partial charge in [-0.25, -0.2) is 0 Å². The number of aliphatic imine (C=N–C) groups is 1. The maximum absolute atomic E-state index is 14.7. The second kappa shape index (κ2) is 29.0. The standard InChI is InChI=1S/C51H66N12O12/c1-29(2)23-38(57-28-33-11-6-7-12-35(33)52)47(70)61-40(25-31-14-17-34(64)18-15-31)50(73)62-39(24-30-9-4-3-5-10-30)49(72)59-37(13-8-22-56-51(54)55)46(69)60-41(26-32-16-20-43(65)42(27-32)63(74)75)48(71)58-36(45(53)68)19-21-44(66)67/h3-7,9-12,14-18,20,27,29,36-41,57,64-65H,8,13,19,21-26,28,52H2,1-2H3,(H2,53,68)(H,58,71)(H,59,72)(H,60,69)(H,61,70)(H,62,73)(H,66,67)(H4,54,55,56)/t36-,37-,38-,39-,40-,41-/m0/s1. The van der Waals surface area contributed by atoms with E-state index in [-0.39, 0.29) is 62.0 Å². The molecule has 0 radical (unpaired) electrons. The van der Waals surface area contributed by atoms with Gasteiger partial charge in [-0.1, -0.05) is 80.6 Å². The first kappa shape index (κ1) is 58.8. The van der Waals surface area contributed by atoms with Crippen LogP contribution in [0.4, 0.5) is 11.4 Å². The average Bonchev–Trinajstić information content (AvgIpc) is 3.35. The van der Waals surface area contributed by atoms with E-state index in [2.05, 4.69) is 36.9 Å². The van der Waals surface area contributed by atoms with Gasteiger partial charge >= 0.3 is 11.7 Å². The van der Waals surface area contributed by atoms with Crippen LogP contribution in [-0.4, -0.2) is 110 Å². The summed E-state index contributed by atoms with van der Waals surface area (Å²) in [4.78, 5) is 110. The quantitative estimate of drug-likeness (QED) is 0.00851. The van der Waals surface area contributed by atoms with E-state index in [1.54, 1.807) is 54.6 Å². The van der Waals surface area contributed by atoms with E-state index in [9.17, 15) is 59.0 Å². The Bertz CT molecular complexity index is 2650. The van der Waals surface area contributed by atoms with Crippen LogP contribution in [-0.2, 0) is 59.4 Å². The fourth-order valence-corrected chi connectivity index (χ4v) is 7.79. The van der Waals surface area contributed by atoms with Gasteiger partial charge in [0.2, 0.25) is 35.4 Å². The maximum Gasteiger partial charge on any atom is 0.310 e. The number of para-hydroxylation sites is 1. The number of carbonyl (C=O) groups excluding carboxylic acids is 6. The molecule has 0 aliphatic carbocycles. The highest BCUT2D eigenvalue weighted by Crippen LogP contribution is 2.27. The monoisotopic (exact) mass is 1040 g/mol. The molecule has 402 valence electrons. The number of nitrogen functional groups attached to an aromatic ring is 1. The van der Waals surface area contributed by atoms with Gasteiger partial charge in [0.05, 0.1) is 11.0 Å². The summed E-state index contributed by atoms with van der Waals surface area (Å²) in [6.07, 6.45) is -1.48. The summed E-state index contributed by atoms with van der Waals surface area (Å²) in [6.45, 7) is 4.08. The normalized spacial score (nSPS) is 13.4. The lowest BCUT2D eigenvalue weighted by Gasteiger charge is -2.28. The summed E-state index contributed by atoms with van der Waals surface area (Å²) >= 11 is 0. The maximum atomic E-state index is 14.7. The summed E-state index contributed by atoms with van der Waals surface area (Å²) in [5, 5.41) is 57.5. The molecule has 0 aliphatic heterocycles. The van der Waals surface area contributed by atoms with Crippen molar-refractivity contribution >= 4 is 58.7 Å². The molecule has 4 aromatic carbocycles. The molecule has 0 aromatic heterocycles. The Labute approximate surface area is 432 Å². The number of phenolic OH excluding ortho intramolecular Hbond substituents is 2. The molecule has 0 saturated heterocycles. The topological polar surface area (TPSA) is 412 Å². The molecular weight excluding hydrogens is 973 g/mol. The van der Waals surface area contributed by atoms with Crippen molar-refractivity contribution in [2.45, 2.75) is 108 Å². The average molecular weight is 1040 g/mol. The van der Waals surface area contributed by atoms with Gasteiger partial charge < -0.3 is 70.2 Å². The van der Waals surface area contributed by atoms with E-state index in [4.69, 9.17) is 22.9 Å². The molecule has 0 heterocycles. The number of primary amides is 1. The molecule has 4 aromatic rings. The van der Waals surface area contributed by atoms with Crippen molar-refractivity contribution in [2.24, 2.45) is 28.1 Å². The Kier molecular flexibility index (Phi) is 22.8. The first-order valence-electron chi connectivity index (χ1n) is 24.0. The number of carboxylic acids is 1. The van der Waals surface area contributed by atoms with E-state index in [0.717, 1.165) is 17.7 Å². The number of guanidine groups is 1. The van der Waals surface area contributed by atoms with Crippen molar-refractivity contribution in [3.05, 3.63) is 129 Å². The first-order valence-corrected chi connectivity index (χ1v) is 24.0. The lowest BCUT2D eigenvalue weighted by atomic mass is 9.99. The van der Waals surface area contributed by atoms with Crippen LogP contribution >= 0.6 is 0 Å². The second-order valence-corrected chi connectivity index (χ2v) is 18.2. The number of benzene rings is 4. The predicted octanol–water partition coefficient (Wildman–Crippen LogP) is 0.648. The number of amides is 6. The molecule has 6 amide bonds. The van der Waals surface area contributed by atoms with Gasteiger partial charge in [-0.15, -0.1) is 0 Å². The van der Waals surface area contributed by atoms with E-state index < -0.39 is 113 Å². The van der Waals surface area contributed by atoms with E-state index in [1.807, 2.05) is 26.0 Å². The molecule has 0 bridgehead atoms. The van der Waals surface area contributed by atoms with Crippen LogP contribution in [0, 0.1) is 16.0 Å². The summed E-state index contributed by atoms with van der Waals surface area (Å²) in [7, 11) is 0. The van der Waals surface area contributed by atoms with Crippen LogP contribution in [0.3, 0.4) is 0 Å². The first-order chi connectivity index (χ1) is 35.6. The number of nitrogens with two attached hydrogens (primary N) is 4. The Morgan fingerprint density at radius 1 is 0.627 bits per heavy atom. The Hall–Kier alpha value is -8.80. The number of carbonyl (C=O) groups is 7. The van der Waals surface area contributed by atoms with Crippen molar-refractivity contribution in [3.8, 4) is 11.5 Å². The van der Waals surface area contributed by atoms with Crippen molar-refractivity contribution in [2.75, 3.05) is 12.3 Å². The number of rotatable bonds is 30. The Morgan fingerprint density at radius 3 is 1.65 bits per heavy atom. The van der Waals surface area contributed by atoms with Gasteiger partial charge in [-0.2, -0.15) is 0 Å². The van der Waals surface area contributed by atoms with E-state index in [1.165, 1.54) is 18.2 Å². The number of nitro benzene ring substituents is 1. The third-order valence-corrected chi connectivity index (χ3v) is 11.7. The minimum absolute atomic E-state index is 0.0266. The van der Waals surface area contributed by atoms with Crippen LogP contribution in [0.1, 0.15) is 68.2 Å². The zero-order valence-corrected chi connectivity index (χ0v) is 41.6. The highest BCUT2D eigenvalue weighted by atomic mass is 16.6. The largest absolute Gasteiger partial charge is 0.508 e. The van der Waals surface area contributed by atoms with Crippen molar-refractivity contribution in [3.63, 3.8) is 0 Å². The fourth-order valence-electron chi connectivity index (χ4n) is 7.79. The number of aromatic hydroxyl groups is 2. The predicted molar refractivity (Wildman–Crippen MR) is 277 cm³/mol. The molecule has 0 aliphatic rings. The van der Waals surface area contributed by atoms with Crippen molar-refractivity contribution in [1.29, 1.82) is 0 Å². The summed E-state index contributed by atoms with van der Waals surface area (Å²) in [5.74, 6) is -7.63. The number of nitrogens with one attached hydrogen (secondary N) is 6. The third kappa shape index (κ3) is 20.0. The molecule has 6 atom stereocenters. The fraction of sp³-hybridized carbons (Fsp3) is 0.373. The number of aliphatic carboxylic acids is 1. The molecule has 24 heteroatoms. The van der Waals surface area contributed by atoms with Crippen LogP contribution in [0.15, 0.2) is 102 Å². The number of phenols is 2. The second-order valence-electron chi connectivity index (χ2n) is 18.2. The summed E-state index contributed by atoms with van der Waals surface area (Å²) in [6, 6.07) is 16.7. The molecule has 24 nitrogen and oxygen atoms in total. The number of hydrogen-bond donors (Lipinski definition) is 13. The number of carboxylic acid groups (broad SMARTS) is 1. The highest BCUT2D eigenvalue weighted by molar-refractivity contribution is 5.97. The molecule has 0 saturated carbocycles. The lowest BCUT2D eigenvalue weighted by Crippen LogP contribution is -2.60. The molecule has 17 N–H and O–H groups in total. The molecule has 75 heavy (non-hydrogen) atoms. The van der Waals surface area contributed by atoms with E-state index in [0.29, 0.717) is 23.2 Å². The van der Waals surface area contributed by atoms with Gasteiger partial charge in [0, 0.05) is 50.5 Å². The number of anilines is 1. The van der Waals surface area contributed by atoms with Crippen LogP contribution < -0.4 is 54.8 Å². The Balaban J connectivity index is 1.71. The van der Waals surface area contributed by atoms with Gasteiger partial charge in [-0.05, 0) is 78.1 Å². The smallest absolute Gasteiger partial charge is 0.310 e. The van der Waals surface area contributed by atoms with Crippen LogP contribution in [0.5, 0.6) is 11.5 Å². The molecule has 0 spiro atoms. The third-order valence-electron chi connectivity index (χ3n) is 11.7. The molecular formula is C51H66N12O12. The highest BCUT2D eigenvalue weighted by Gasteiger charge is 2.34. The zero-order chi connectivity index (χ0) is 55.2. The summed E-state index contributed by atoms with van der Waals surface area (Å²) in [5.41, 5.74) is 24.5. The lowest BCUT2D eigenvalue weighted by molar-refractivity contribution is -0.385. The van der Waals surface area contributed by atoms with Crippen molar-refractivity contribution < 1.29 is 53.8 Å². The van der Waals surface area contributed by atoms with Gasteiger partial charge in [-0.3, -0.25) is 48.7 Å². The minimum Gasteiger partial charge on any atom is -0.508 e. The molecule has 4 rings (SSSR count). The van der Waals surface area contributed by atoms with Gasteiger partial charge in [0.25, 0.3) is 0 Å². The van der Waals surface area contributed by atoms with Gasteiger partial charge in [0.1, 0.15) is 36.0 Å². The zero-order valence-electron chi connectivity index (χ0n) is 41.6. The molecule has 0 unspecified atom stereocenters. The number of hydrogen-bond acceptors (Lipinski definition) is 14. The molecule has 0 fully saturated rings. The summed E-state index contributed by atoms with van der Waals surface area (Å²) < 4.78 is 0. The number of nitro groups is 1. The van der Waals surface area contributed by atoms with Crippen LogP contribution in [0.25, 0.3) is 0 Å². The van der Waals surface area contributed by atoms with E-state index >= 15 is 0 Å². The van der Waals surface area contributed by atoms with Crippen LogP contribution in [0.2, 0.25) is 0 Å². The van der Waals surface area contributed by atoms with Crippen molar-refractivity contribution in [1.82, 2.24) is 31.9 Å². The SMILES string of the molecule is CC(C)C[C@H](NCc1ccccc1N)C(=O)N[C@@H](Cc1ccc(O)cc1)C(=O)N[C@@H](Cc1ccccc1)C(=O)N[C@@H](CCCN=C(N)N)C(=O)N[C@@H](Cc1ccc(O)c([N+](=O)[O-])c1)C(=O)N[C@@H](CCC(=O)O)C(N)=O. The minimum atomic E-state index is -1.67.